The molecule has 2 aliphatic rings. The maximum Gasteiger partial charge on any atom is 0.248 e. The molecule has 2 N–H and O–H groups in total. The van der Waals surface area contributed by atoms with Crippen molar-refractivity contribution in [1.82, 2.24) is 5.32 Å². The first-order chi connectivity index (χ1) is 8.58. The number of nitrogens with one attached hydrogen (secondary N) is 2. The third-order valence-electron chi connectivity index (χ3n) is 3.20. The Balaban J connectivity index is 2.19. The first-order valence-corrected chi connectivity index (χ1v) is 6.51. The van der Waals surface area contributed by atoms with E-state index in [1.165, 1.54) is 0 Å². The van der Waals surface area contributed by atoms with Crippen LogP contribution in [0.2, 0.25) is 0 Å². The number of anilines is 2. The highest BCUT2D eigenvalue weighted by Crippen LogP contribution is 2.40. The van der Waals surface area contributed by atoms with Crippen molar-refractivity contribution in [2.75, 3.05) is 23.3 Å². The highest BCUT2D eigenvalue weighted by Gasteiger charge is 2.40. The molecule has 1 unspecified atom stereocenters. The van der Waals surface area contributed by atoms with Crippen molar-refractivity contribution >= 4 is 39.1 Å². The van der Waals surface area contributed by atoms with Gasteiger partial charge in [-0.1, -0.05) is 0 Å². The molecule has 3 rings (SSSR count). The molecule has 1 aromatic rings. The Kier molecular flexibility index (Phi) is 2.64. The summed E-state index contributed by atoms with van der Waals surface area (Å²) in [5.41, 5.74) is 2.48. The molecule has 2 heterocycles. The van der Waals surface area contributed by atoms with Crippen LogP contribution < -0.4 is 15.5 Å². The molecule has 1 aromatic carbocycles. The molecule has 1 atom stereocenters. The Bertz CT molecular complexity index is 558. The third kappa shape index (κ3) is 1.64. The number of carbonyl (C=O) groups excluding carboxylic acids is 2. The number of benzene rings is 1. The van der Waals surface area contributed by atoms with E-state index in [1.54, 1.807) is 4.90 Å². The fraction of sp³-hybridized carbons (Fsp3) is 0.333. The molecule has 18 heavy (non-hydrogen) atoms. The molecule has 0 aliphatic carbocycles. The molecule has 6 heteroatoms. The number of rotatable bonds is 0. The number of nitrogens with zero attached hydrogens (tertiary/aromatic N) is 1. The number of piperazine rings is 1. The molecule has 5 nitrogen and oxygen atoms in total. The zero-order valence-electron chi connectivity index (χ0n) is 9.79. The van der Waals surface area contributed by atoms with E-state index in [0.717, 1.165) is 15.7 Å². The number of fused-ring (bicyclic) bond motifs is 3. The lowest BCUT2D eigenvalue weighted by molar-refractivity contribution is -0.124. The van der Waals surface area contributed by atoms with Gasteiger partial charge in [0.05, 0.1) is 17.9 Å². The lowest BCUT2D eigenvalue weighted by Gasteiger charge is -2.40. The second kappa shape index (κ2) is 4.07. The smallest absolute Gasteiger partial charge is 0.248 e. The van der Waals surface area contributed by atoms with E-state index in [4.69, 9.17) is 0 Å². The number of hydrogen-bond acceptors (Lipinski definition) is 3. The van der Waals surface area contributed by atoms with E-state index in [-0.39, 0.29) is 18.4 Å². The standard InChI is InChI=1S/C12H12BrN3O2/c1-6-2-7(13)11-8(3-6)15-12(18)9-4-14-5-10(17)16(9)11/h2-3,9,14H,4-5H2,1H3,(H,15,18). The molecular formula is C12H12BrN3O2. The summed E-state index contributed by atoms with van der Waals surface area (Å²) in [5, 5.41) is 5.82. The van der Waals surface area contributed by atoms with Crippen molar-refractivity contribution in [3.63, 3.8) is 0 Å². The predicted octanol–water partition coefficient (Wildman–Crippen LogP) is 1.01. The minimum atomic E-state index is -0.460. The van der Waals surface area contributed by atoms with Gasteiger partial charge in [-0.15, -0.1) is 0 Å². The van der Waals surface area contributed by atoms with Gasteiger partial charge in [0, 0.05) is 11.0 Å². The molecule has 1 fully saturated rings. The van der Waals surface area contributed by atoms with Crippen LogP contribution in [0.1, 0.15) is 5.56 Å². The highest BCUT2D eigenvalue weighted by atomic mass is 79.9. The molecule has 94 valence electrons. The number of amides is 2. The van der Waals surface area contributed by atoms with Crippen molar-refractivity contribution in [3.8, 4) is 0 Å². The average Bonchev–Trinajstić information content (AvgIpc) is 2.29. The summed E-state index contributed by atoms with van der Waals surface area (Å²) >= 11 is 3.48. The quantitative estimate of drug-likeness (QED) is 0.752. The van der Waals surface area contributed by atoms with Crippen molar-refractivity contribution < 1.29 is 9.59 Å². The van der Waals surface area contributed by atoms with Gasteiger partial charge in [0.2, 0.25) is 11.8 Å². The first-order valence-electron chi connectivity index (χ1n) is 5.71. The number of hydrogen-bond donors (Lipinski definition) is 2. The van der Waals surface area contributed by atoms with Crippen molar-refractivity contribution in [2.24, 2.45) is 0 Å². The summed E-state index contributed by atoms with van der Waals surface area (Å²) in [6, 6.07) is 3.37. The predicted molar refractivity (Wildman–Crippen MR) is 71.7 cm³/mol. The fourth-order valence-corrected chi connectivity index (χ4v) is 3.21. The Morgan fingerprint density at radius 3 is 2.94 bits per heavy atom. The van der Waals surface area contributed by atoms with Crippen LogP contribution in [0.3, 0.4) is 0 Å². The van der Waals surface area contributed by atoms with Crippen LogP contribution >= 0.6 is 15.9 Å². The zero-order chi connectivity index (χ0) is 12.9. The zero-order valence-corrected chi connectivity index (χ0v) is 11.4. The lowest BCUT2D eigenvalue weighted by Crippen LogP contribution is -2.61. The third-order valence-corrected chi connectivity index (χ3v) is 3.81. The summed E-state index contributed by atoms with van der Waals surface area (Å²) in [6.45, 7) is 2.70. The Morgan fingerprint density at radius 2 is 2.17 bits per heavy atom. The molecule has 0 radical (unpaired) electrons. The van der Waals surface area contributed by atoms with Crippen LogP contribution in [0, 0.1) is 6.92 Å². The van der Waals surface area contributed by atoms with Crippen molar-refractivity contribution in [3.05, 3.63) is 22.2 Å². The molecule has 2 amide bonds. The Labute approximate surface area is 113 Å². The van der Waals surface area contributed by atoms with Crippen molar-refractivity contribution in [1.29, 1.82) is 0 Å². The number of carbonyl (C=O) groups is 2. The first kappa shape index (κ1) is 11.7. The van der Waals surface area contributed by atoms with Crippen LogP contribution in [-0.2, 0) is 9.59 Å². The van der Waals surface area contributed by atoms with Crippen LogP contribution in [0.15, 0.2) is 16.6 Å². The lowest BCUT2D eigenvalue weighted by atomic mass is 10.0. The Morgan fingerprint density at radius 1 is 1.39 bits per heavy atom. The minimum Gasteiger partial charge on any atom is -0.322 e. The van der Waals surface area contributed by atoms with Gasteiger partial charge in [-0.2, -0.15) is 0 Å². The van der Waals surface area contributed by atoms with Gasteiger partial charge < -0.3 is 10.6 Å². The van der Waals surface area contributed by atoms with Gasteiger partial charge in [-0.25, -0.2) is 0 Å². The van der Waals surface area contributed by atoms with Crippen LogP contribution in [-0.4, -0.2) is 30.9 Å². The molecule has 0 bridgehead atoms. The summed E-state index contributed by atoms with van der Waals surface area (Å²) in [6.07, 6.45) is 0. The van der Waals surface area contributed by atoms with Crippen LogP contribution in [0.25, 0.3) is 0 Å². The van der Waals surface area contributed by atoms with E-state index >= 15 is 0 Å². The summed E-state index contributed by atoms with van der Waals surface area (Å²) in [5.74, 6) is -0.215. The average molecular weight is 310 g/mol. The molecule has 0 aromatic heterocycles. The summed E-state index contributed by atoms with van der Waals surface area (Å²) in [4.78, 5) is 25.6. The number of aryl methyl sites for hydroxylation is 1. The topological polar surface area (TPSA) is 61.4 Å². The van der Waals surface area contributed by atoms with Gasteiger partial charge in [-0.05, 0) is 40.5 Å². The van der Waals surface area contributed by atoms with Gasteiger partial charge in [-0.3, -0.25) is 14.5 Å². The van der Waals surface area contributed by atoms with E-state index in [1.807, 2.05) is 19.1 Å². The normalized spacial score (nSPS) is 22.3. The van der Waals surface area contributed by atoms with E-state index < -0.39 is 6.04 Å². The van der Waals surface area contributed by atoms with Crippen LogP contribution in [0.5, 0.6) is 0 Å². The van der Waals surface area contributed by atoms with E-state index in [0.29, 0.717) is 12.2 Å². The van der Waals surface area contributed by atoms with Gasteiger partial charge in [0.25, 0.3) is 0 Å². The highest BCUT2D eigenvalue weighted by molar-refractivity contribution is 9.10. The fourth-order valence-electron chi connectivity index (χ4n) is 2.45. The molecular weight excluding hydrogens is 298 g/mol. The van der Waals surface area contributed by atoms with Gasteiger partial charge in [0.1, 0.15) is 6.04 Å². The monoisotopic (exact) mass is 309 g/mol. The summed E-state index contributed by atoms with van der Waals surface area (Å²) < 4.78 is 0.831. The minimum absolute atomic E-state index is 0.0769. The van der Waals surface area contributed by atoms with Gasteiger partial charge >= 0.3 is 0 Å². The second-order valence-corrected chi connectivity index (χ2v) is 5.40. The van der Waals surface area contributed by atoms with Gasteiger partial charge in [0.15, 0.2) is 0 Å². The maximum absolute atomic E-state index is 12.0. The molecule has 1 saturated heterocycles. The molecule has 2 aliphatic heterocycles. The van der Waals surface area contributed by atoms with E-state index in [2.05, 4.69) is 26.6 Å². The van der Waals surface area contributed by atoms with E-state index in [9.17, 15) is 9.59 Å². The summed E-state index contributed by atoms with van der Waals surface area (Å²) in [7, 11) is 0. The molecule has 0 saturated carbocycles. The molecule has 0 spiro atoms. The Hall–Kier alpha value is -1.40. The van der Waals surface area contributed by atoms with Crippen molar-refractivity contribution in [2.45, 2.75) is 13.0 Å². The SMILES string of the molecule is Cc1cc(Br)c2c(c1)NC(=O)C1CNCC(=O)N21. The largest absolute Gasteiger partial charge is 0.322 e. The maximum atomic E-state index is 12.0. The number of halogens is 1. The van der Waals surface area contributed by atoms with Crippen LogP contribution in [0.4, 0.5) is 11.4 Å². The second-order valence-electron chi connectivity index (χ2n) is 4.54.